The van der Waals surface area contributed by atoms with Gasteiger partial charge in [-0.1, -0.05) is 42.0 Å². The summed E-state index contributed by atoms with van der Waals surface area (Å²) in [5.74, 6) is 0.728. The van der Waals surface area contributed by atoms with Crippen molar-refractivity contribution in [2.75, 3.05) is 38.1 Å². The normalized spacial score (nSPS) is 17.9. The first-order valence-corrected chi connectivity index (χ1v) is 9.87. The minimum Gasteiger partial charge on any atom is -0.346 e. The lowest BCUT2D eigenvalue weighted by molar-refractivity contribution is 0.300. The monoisotopic (exact) mass is 375 g/mol. The van der Waals surface area contributed by atoms with Crippen molar-refractivity contribution in [1.29, 1.82) is 0 Å². The number of hydrogen-bond acceptors (Lipinski definition) is 5. The van der Waals surface area contributed by atoms with Crippen molar-refractivity contribution in [3.05, 3.63) is 35.5 Å². The SMILES string of the molecule is CCN(C)CC1CCN(c2nn3cc(-c4ccc(Cl)cc4)nc3s2)C1. The second-order valence-electron chi connectivity index (χ2n) is 6.70. The number of fused-ring (bicyclic) bond motifs is 1. The Labute approximate surface area is 156 Å². The van der Waals surface area contributed by atoms with E-state index in [1.54, 1.807) is 11.3 Å². The number of rotatable bonds is 5. The molecular weight excluding hydrogens is 354 g/mol. The average molecular weight is 376 g/mol. The molecule has 1 atom stereocenters. The van der Waals surface area contributed by atoms with Gasteiger partial charge in [0.1, 0.15) is 0 Å². The Morgan fingerprint density at radius 1 is 1.32 bits per heavy atom. The smallest absolute Gasteiger partial charge is 0.214 e. The van der Waals surface area contributed by atoms with Crippen LogP contribution in [0.25, 0.3) is 16.2 Å². The van der Waals surface area contributed by atoms with Gasteiger partial charge in [0.2, 0.25) is 10.1 Å². The summed E-state index contributed by atoms with van der Waals surface area (Å²) in [6.07, 6.45) is 3.24. The first-order valence-electron chi connectivity index (χ1n) is 8.68. The molecule has 0 amide bonds. The quantitative estimate of drug-likeness (QED) is 0.678. The number of benzene rings is 1. The Bertz CT molecular complexity index is 825. The van der Waals surface area contributed by atoms with Crippen LogP contribution in [-0.4, -0.2) is 52.7 Å². The Kier molecular flexibility index (Phi) is 4.67. The molecule has 132 valence electrons. The molecule has 5 nitrogen and oxygen atoms in total. The van der Waals surface area contributed by atoms with Gasteiger partial charge in [-0.05, 0) is 38.1 Å². The van der Waals surface area contributed by atoms with Crippen LogP contribution in [0.15, 0.2) is 30.5 Å². The van der Waals surface area contributed by atoms with Gasteiger partial charge in [0.15, 0.2) is 0 Å². The summed E-state index contributed by atoms with van der Waals surface area (Å²) in [6, 6.07) is 7.76. The molecule has 0 bridgehead atoms. The van der Waals surface area contributed by atoms with Crippen LogP contribution >= 0.6 is 22.9 Å². The lowest BCUT2D eigenvalue weighted by atomic mass is 10.1. The zero-order chi connectivity index (χ0) is 17.4. The third kappa shape index (κ3) is 3.52. The van der Waals surface area contributed by atoms with E-state index in [9.17, 15) is 0 Å². The molecule has 3 aromatic rings. The van der Waals surface area contributed by atoms with Crippen molar-refractivity contribution in [1.82, 2.24) is 19.5 Å². The van der Waals surface area contributed by atoms with Gasteiger partial charge >= 0.3 is 0 Å². The molecule has 1 unspecified atom stereocenters. The summed E-state index contributed by atoms with van der Waals surface area (Å²) in [4.78, 5) is 10.5. The van der Waals surface area contributed by atoms with E-state index in [2.05, 4.69) is 23.8 Å². The molecule has 1 saturated heterocycles. The van der Waals surface area contributed by atoms with Crippen LogP contribution in [0.5, 0.6) is 0 Å². The second-order valence-corrected chi connectivity index (χ2v) is 8.07. The maximum absolute atomic E-state index is 5.96. The summed E-state index contributed by atoms with van der Waals surface area (Å²) in [5.41, 5.74) is 2.00. The summed E-state index contributed by atoms with van der Waals surface area (Å²) >= 11 is 7.63. The summed E-state index contributed by atoms with van der Waals surface area (Å²) in [6.45, 7) is 6.65. The van der Waals surface area contributed by atoms with E-state index in [4.69, 9.17) is 21.7 Å². The van der Waals surface area contributed by atoms with Crippen LogP contribution in [0.1, 0.15) is 13.3 Å². The van der Waals surface area contributed by atoms with Crippen molar-refractivity contribution < 1.29 is 0 Å². The van der Waals surface area contributed by atoms with Crippen LogP contribution in [0.2, 0.25) is 5.02 Å². The molecule has 0 N–H and O–H groups in total. The molecule has 7 heteroatoms. The molecule has 2 aromatic heterocycles. The number of imidazole rings is 1. The van der Waals surface area contributed by atoms with Gasteiger partial charge < -0.3 is 9.80 Å². The topological polar surface area (TPSA) is 36.7 Å². The number of aromatic nitrogens is 3. The molecule has 0 aliphatic carbocycles. The maximum Gasteiger partial charge on any atom is 0.214 e. The minimum atomic E-state index is 0.728. The van der Waals surface area contributed by atoms with Gasteiger partial charge in [-0.15, -0.1) is 5.10 Å². The fraction of sp³-hybridized carbons (Fsp3) is 0.444. The zero-order valence-corrected chi connectivity index (χ0v) is 16.1. The fourth-order valence-electron chi connectivity index (χ4n) is 3.30. The lowest BCUT2D eigenvalue weighted by Crippen LogP contribution is -2.28. The molecule has 1 aliphatic heterocycles. The highest BCUT2D eigenvalue weighted by Crippen LogP contribution is 2.30. The predicted octanol–water partition coefficient (Wildman–Crippen LogP) is 3.89. The molecule has 0 radical (unpaired) electrons. The second kappa shape index (κ2) is 6.94. The van der Waals surface area contributed by atoms with Crippen molar-refractivity contribution in [2.45, 2.75) is 13.3 Å². The third-order valence-electron chi connectivity index (χ3n) is 4.84. The van der Waals surface area contributed by atoms with E-state index < -0.39 is 0 Å². The Morgan fingerprint density at radius 2 is 2.12 bits per heavy atom. The van der Waals surface area contributed by atoms with E-state index in [1.807, 2.05) is 35.0 Å². The molecular formula is C18H22ClN5S. The first kappa shape index (κ1) is 16.8. The summed E-state index contributed by atoms with van der Waals surface area (Å²) < 4.78 is 1.90. The van der Waals surface area contributed by atoms with Gasteiger partial charge in [0, 0.05) is 30.2 Å². The highest BCUT2D eigenvalue weighted by atomic mass is 35.5. The minimum absolute atomic E-state index is 0.728. The number of anilines is 1. The average Bonchev–Trinajstić information content (AvgIpc) is 3.29. The fourth-order valence-corrected chi connectivity index (χ4v) is 4.35. The van der Waals surface area contributed by atoms with E-state index in [-0.39, 0.29) is 0 Å². The molecule has 0 saturated carbocycles. The van der Waals surface area contributed by atoms with Gasteiger partial charge in [-0.25, -0.2) is 9.50 Å². The number of hydrogen-bond donors (Lipinski definition) is 0. The maximum atomic E-state index is 5.96. The Balaban J connectivity index is 1.49. The van der Waals surface area contributed by atoms with Gasteiger partial charge in [0.05, 0.1) is 11.9 Å². The zero-order valence-electron chi connectivity index (χ0n) is 14.5. The molecule has 4 rings (SSSR count). The number of halogens is 1. The molecule has 1 aliphatic rings. The van der Waals surface area contributed by atoms with Crippen molar-refractivity contribution in [3.63, 3.8) is 0 Å². The molecule has 1 aromatic carbocycles. The van der Waals surface area contributed by atoms with Crippen molar-refractivity contribution in [3.8, 4) is 11.3 Å². The predicted molar refractivity (Wildman–Crippen MR) is 105 cm³/mol. The van der Waals surface area contributed by atoms with E-state index in [1.165, 1.54) is 6.42 Å². The van der Waals surface area contributed by atoms with Crippen LogP contribution in [0, 0.1) is 5.92 Å². The van der Waals surface area contributed by atoms with Crippen LogP contribution in [0.3, 0.4) is 0 Å². The van der Waals surface area contributed by atoms with Crippen molar-refractivity contribution >= 4 is 33.0 Å². The first-order chi connectivity index (χ1) is 12.1. The molecule has 3 heterocycles. The summed E-state index contributed by atoms with van der Waals surface area (Å²) in [5, 5.41) is 6.57. The van der Waals surface area contributed by atoms with Crippen LogP contribution in [-0.2, 0) is 0 Å². The van der Waals surface area contributed by atoms with Crippen molar-refractivity contribution in [2.24, 2.45) is 5.92 Å². The highest BCUT2D eigenvalue weighted by Gasteiger charge is 2.26. The summed E-state index contributed by atoms with van der Waals surface area (Å²) in [7, 11) is 2.19. The Morgan fingerprint density at radius 3 is 2.84 bits per heavy atom. The molecule has 25 heavy (non-hydrogen) atoms. The van der Waals surface area contributed by atoms with Gasteiger partial charge in [-0.2, -0.15) is 0 Å². The largest absolute Gasteiger partial charge is 0.346 e. The highest BCUT2D eigenvalue weighted by molar-refractivity contribution is 7.20. The van der Waals surface area contributed by atoms with Gasteiger partial charge in [0.25, 0.3) is 0 Å². The van der Waals surface area contributed by atoms with E-state index in [0.717, 1.165) is 58.5 Å². The van der Waals surface area contributed by atoms with Gasteiger partial charge in [-0.3, -0.25) is 0 Å². The molecule has 0 spiro atoms. The lowest BCUT2D eigenvalue weighted by Gasteiger charge is -2.19. The van der Waals surface area contributed by atoms with E-state index in [0.29, 0.717) is 0 Å². The molecule has 1 fully saturated rings. The van der Waals surface area contributed by atoms with Crippen LogP contribution < -0.4 is 4.90 Å². The Hall–Kier alpha value is -1.63. The third-order valence-corrected chi connectivity index (χ3v) is 6.07. The standard InChI is InChI=1S/C18H22ClN5S/c1-3-22(2)10-13-8-9-23(11-13)18-21-24-12-16(20-17(24)25-18)14-4-6-15(19)7-5-14/h4-7,12-13H,3,8-11H2,1-2H3. The number of nitrogens with zero attached hydrogens (tertiary/aromatic N) is 5. The van der Waals surface area contributed by atoms with Crippen LogP contribution in [0.4, 0.5) is 5.13 Å². The van der Waals surface area contributed by atoms with E-state index >= 15 is 0 Å².